The van der Waals surface area contributed by atoms with Gasteiger partial charge in [0.2, 0.25) is 0 Å². The highest BCUT2D eigenvalue weighted by Crippen LogP contribution is 2.65. The van der Waals surface area contributed by atoms with Gasteiger partial charge >= 0.3 is 0 Å². The molecule has 0 amide bonds. The maximum absolute atomic E-state index is 10.3. The molecule has 2 aliphatic rings. The summed E-state index contributed by atoms with van der Waals surface area (Å²) in [7, 11) is 0. The monoisotopic (exact) mass is 256 g/mol. The van der Waals surface area contributed by atoms with Crippen molar-refractivity contribution in [3.63, 3.8) is 0 Å². The summed E-state index contributed by atoms with van der Waals surface area (Å²) in [4.78, 5) is 0. The van der Waals surface area contributed by atoms with Gasteiger partial charge in [0.05, 0.1) is 23.4 Å². The summed E-state index contributed by atoms with van der Waals surface area (Å²) in [6.45, 7) is 7.64. The third-order valence-corrected chi connectivity index (χ3v) is 4.63. The minimum Gasteiger partial charge on any atom is -0.393 e. The van der Waals surface area contributed by atoms with Crippen molar-refractivity contribution in [1.29, 1.82) is 0 Å². The van der Waals surface area contributed by atoms with Crippen molar-refractivity contribution in [2.24, 2.45) is 11.8 Å². The van der Waals surface area contributed by atoms with Crippen LogP contribution >= 0.6 is 0 Å². The maximum Gasteiger partial charge on any atom is 0.0777 e. The number of rotatable bonds is 5. The Bertz CT molecular complexity index is 295. The second kappa shape index (κ2) is 4.77. The van der Waals surface area contributed by atoms with Crippen molar-refractivity contribution in [3.8, 4) is 0 Å². The minimum absolute atomic E-state index is 0.0675. The van der Waals surface area contributed by atoms with Gasteiger partial charge in [0.15, 0.2) is 0 Å². The van der Waals surface area contributed by atoms with Crippen LogP contribution in [-0.2, 0) is 4.74 Å². The van der Waals surface area contributed by atoms with E-state index in [1.165, 1.54) is 19.3 Å². The summed E-state index contributed by atoms with van der Waals surface area (Å²) in [5.74, 6) is 0.784. The second-order valence-electron chi connectivity index (χ2n) is 6.95. The van der Waals surface area contributed by atoms with E-state index in [9.17, 15) is 10.2 Å². The summed E-state index contributed by atoms with van der Waals surface area (Å²) in [5, 5.41) is 19.8. The molecule has 0 spiro atoms. The number of hydrogen-bond donors (Lipinski definition) is 2. The molecule has 0 aromatic carbocycles. The number of aliphatic hydroxyl groups is 2. The normalized spacial score (nSPS) is 39.0. The number of fused-ring (bicyclic) bond motifs is 1. The van der Waals surface area contributed by atoms with E-state index in [1.807, 2.05) is 20.8 Å². The van der Waals surface area contributed by atoms with Crippen LogP contribution in [0.4, 0.5) is 0 Å². The standard InChI is InChI=1S/C15H28O3/c1-10(16)9-11(2)18-15-8-6-5-7-12(15)13(15)14(3,4)17/h10-13,16-17H,5-9H2,1-4H3/t10-,11-,12+,13-,15-/m1/s1. The van der Waals surface area contributed by atoms with E-state index in [2.05, 4.69) is 0 Å². The lowest BCUT2D eigenvalue weighted by molar-refractivity contribution is -0.0828. The van der Waals surface area contributed by atoms with Crippen LogP contribution in [0.1, 0.15) is 59.8 Å². The average Bonchev–Trinajstić information content (AvgIpc) is 2.83. The summed E-state index contributed by atoms with van der Waals surface area (Å²) < 4.78 is 6.28. The molecule has 3 heteroatoms. The molecule has 2 saturated carbocycles. The molecule has 2 fully saturated rings. The average molecular weight is 256 g/mol. The largest absolute Gasteiger partial charge is 0.393 e. The summed E-state index contributed by atoms with van der Waals surface area (Å²) >= 11 is 0. The number of ether oxygens (including phenoxy) is 1. The van der Waals surface area contributed by atoms with Crippen LogP contribution in [0, 0.1) is 11.8 Å². The molecule has 0 saturated heterocycles. The van der Waals surface area contributed by atoms with Crippen molar-refractivity contribution in [3.05, 3.63) is 0 Å². The fourth-order valence-electron chi connectivity index (χ4n) is 4.22. The van der Waals surface area contributed by atoms with E-state index in [0.29, 0.717) is 12.3 Å². The predicted molar refractivity (Wildman–Crippen MR) is 71.3 cm³/mol. The fourth-order valence-corrected chi connectivity index (χ4v) is 4.22. The van der Waals surface area contributed by atoms with Crippen molar-refractivity contribution in [2.75, 3.05) is 0 Å². The summed E-state index contributed by atoms with van der Waals surface area (Å²) in [6.07, 6.45) is 5.12. The van der Waals surface area contributed by atoms with Gasteiger partial charge in [-0.15, -0.1) is 0 Å². The van der Waals surface area contributed by atoms with Gasteiger partial charge in [0.1, 0.15) is 0 Å². The lowest BCUT2D eigenvalue weighted by Gasteiger charge is -2.29. The minimum atomic E-state index is -0.653. The van der Waals surface area contributed by atoms with E-state index < -0.39 is 5.60 Å². The van der Waals surface area contributed by atoms with Gasteiger partial charge in [-0.3, -0.25) is 0 Å². The van der Waals surface area contributed by atoms with Gasteiger partial charge in [0, 0.05) is 5.92 Å². The predicted octanol–water partition coefficient (Wildman–Crippen LogP) is 2.49. The second-order valence-corrected chi connectivity index (χ2v) is 6.95. The van der Waals surface area contributed by atoms with E-state index >= 15 is 0 Å². The first-order chi connectivity index (χ1) is 8.27. The molecule has 18 heavy (non-hydrogen) atoms. The Hall–Kier alpha value is -0.120. The molecule has 0 heterocycles. The van der Waals surface area contributed by atoms with Gasteiger partial charge in [-0.2, -0.15) is 0 Å². The topological polar surface area (TPSA) is 49.7 Å². The summed E-state index contributed by atoms with van der Waals surface area (Å²) in [5.41, 5.74) is -0.760. The molecule has 2 rings (SSSR count). The molecule has 5 atom stereocenters. The first-order valence-electron chi connectivity index (χ1n) is 7.35. The zero-order valence-electron chi connectivity index (χ0n) is 12.1. The van der Waals surface area contributed by atoms with Crippen molar-refractivity contribution in [1.82, 2.24) is 0 Å². The fraction of sp³-hybridized carbons (Fsp3) is 1.00. The van der Waals surface area contributed by atoms with Gasteiger partial charge in [-0.05, 0) is 52.9 Å². The van der Waals surface area contributed by atoms with Crippen molar-refractivity contribution < 1.29 is 14.9 Å². The molecule has 0 bridgehead atoms. The molecule has 0 aromatic rings. The van der Waals surface area contributed by atoms with Gasteiger partial charge in [-0.25, -0.2) is 0 Å². The molecule has 0 aliphatic heterocycles. The van der Waals surface area contributed by atoms with Crippen LogP contribution in [0.25, 0.3) is 0 Å². The van der Waals surface area contributed by atoms with E-state index in [-0.39, 0.29) is 23.7 Å². The van der Waals surface area contributed by atoms with Crippen LogP contribution < -0.4 is 0 Å². The Labute approximate surface area is 111 Å². The lowest BCUT2D eigenvalue weighted by Crippen LogP contribution is -2.34. The van der Waals surface area contributed by atoms with E-state index in [1.54, 1.807) is 6.92 Å². The Morgan fingerprint density at radius 1 is 1.33 bits per heavy atom. The third kappa shape index (κ3) is 2.59. The Morgan fingerprint density at radius 3 is 2.56 bits per heavy atom. The third-order valence-electron chi connectivity index (χ3n) is 4.63. The van der Waals surface area contributed by atoms with Gasteiger partial charge in [0.25, 0.3) is 0 Å². The first-order valence-corrected chi connectivity index (χ1v) is 7.35. The zero-order valence-corrected chi connectivity index (χ0v) is 12.1. The molecule has 2 aliphatic carbocycles. The number of aliphatic hydroxyl groups excluding tert-OH is 1. The van der Waals surface area contributed by atoms with Crippen LogP contribution in [0.3, 0.4) is 0 Å². The summed E-state index contributed by atoms with van der Waals surface area (Å²) in [6, 6.07) is 0. The lowest BCUT2D eigenvalue weighted by atomic mass is 9.96. The van der Waals surface area contributed by atoms with Crippen molar-refractivity contribution in [2.45, 2.75) is 83.2 Å². The highest BCUT2D eigenvalue weighted by molar-refractivity contribution is 5.20. The van der Waals surface area contributed by atoms with Gasteiger partial charge in [-0.1, -0.05) is 12.8 Å². The highest BCUT2D eigenvalue weighted by atomic mass is 16.5. The molecule has 2 N–H and O–H groups in total. The highest BCUT2D eigenvalue weighted by Gasteiger charge is 2.70. The Balaban J connectivity index is 2.04. The smallest absolute Gasteiger partial charge is 0.0777 e. The first kappa shape index (κ1) is 14.3. The van der Waals surface area contributed by atoms with Gasteiger partial charge < -0.3 is 14.9 Å². The maximum atomic E-state index is 10.3. The Morgan fingerprint density at radius 2 is 2.00 bits per heavy atom. The SMILES string of the molecule is C[C@H](C[C@@H](C)O)O[C@]12CCCC[C@H]1[C@@H]2C(C)(C)O. The molecule has 106 valence electrons. The molecule has 0 aromatic heterocycles. The molecular weight excluding hydrogens is 228 g/mol. The van der Waals surface area contributed by atoms with Crippen molar-refractivity contribution >= 4 is 0 Å². The van der Waals surface area contributed by atoms with Crippen LogP contribution in [0.15, 0.2) is 0 Å². The van der Waals surface area contributed by atoms with Crippen LogP contribution in [0.5, 0.6) is 0 Å². The molecule has 0 radical (unpaired) electrons. The molecule has 0 unspecified atom stereocenters. The van der Waals surface area contributed by atoms with Crippen LogP contribution in [0.2, 0.25) is 0 Å². The zero-order chi connectivity index (χ0) is 13.6. The number of hydrogen-bond acceptors (Lipinski definition) is 3. The van der Waals surface area contributed by atoms with E-state index in [4.69, 9.17) is 4.74 Å². The van der Waals surface area contributed by atoms with Crippen LogP contribution in [-0.4, -0.2) is 33.6 Å². The van der Waals surface area contributed by atoms with E-state index in [0.717, 1.165) is 6.42 Å². The Kier molecular flexibility index (Phi) is 3.79. The molecule has 3 nitrogen and oxygen atoms in total. The quantitative estimate of drug-likeness (QED) is 0.794. The molecular formula is C15H28O3.